The molecular formula is C24H31N5O4S. The number of carbonyl (C=O) groups excluding carboxylic acids is 1. The molecule has 1 N–H and O–H groups in total. The molecule has 0 atom stereocenters. The van der Waals surface area contributed by atoms with E-state index in [4.69, 9.17) is 4.74 Å². The number of hydrogen-bond acceptors (Lipinski definition) is 6. The summed E-state index contributed by atoms with van der Waals surface area (Å²) in [5.41, 5.74) is 2.13. The van der Waals surface area contributed by atoms with Crippen LogP contribution in [0.3, 0.4) is 0 Å². The number of morpholine rings is 1. The fraction of sp³-hybridized carbons (Fsp3) is 0.417. The fourth-order valence-electron chi connectivity index (χ4n) is 4.07. The van der Waals surface area contributed by atoms with Crippen molar-refractivity contribution in [3.63, 3.8) is 0 Å². The predicted octanol–water partition coefficient (Wildman–Crippen LogP) is 2.65. The molecule has 1 amide bonds. The molecule has 0 aliphatic carbocycles. The van der Waals surface area contributed by atoms with Gasteiger partial charge in [0, 0.05) is 31.7 Å². The predicted molar refractivity (Wildman–Crippen MR) is 131 cm³/mol. The van der Waals surface area contributed by atoms with E-state index >= 15 is 0 Å². The normalized spacial score (nSPS) is 15.1. The minimum atomic E-state index is -3.61. The van der Waals surface area contributed by atoms with Crippen LogP contribution in [0.2, 0.25) is 0 Å². The minimum absolute atomic E-state index is 0.164. The van der Waals surface area contributed by atoms with Crippen LogP contribution in [-0.2, 0) is 21.3 Å². The summed E-state index contributed by atoms with van der Waals surface area (Å²) in [6.45, 7) is 9.10. The summed E-state index contributed by atoms with van der Waals surface area (Å²) in [5.74, 6) is 0.137. The second-order valence-corrected chi connectivity index (χ2v) is 10.0. The molecule has 2 aromatic carbocycles. The molecule has 0 bridgehead atoms. The van der Waals surface area contributed by atoms with Crippen LogP contribution in [0.25, 0.3) is 11.0 Å². The zero-order valence-corrected chi connectivity index (χ0v) is 20.4. The third kappa shape index (κ3) is 5.15. The highest BCUT2D eigenvalue weighted by atomic mass is 32.2. The summed E-state index contributed by atoms with van der Waals surface area (Å²) in [6.07, 6.45) is 0. The van der Waals surface area contributed by atoms with E-state index < -0.39 is 10.0 Å². The summed E-state index contributed by atoms with van der Waals surface area (Å²) >= 11 is 0. The lowest BCUT2D eigenvalue weighted by Gasteiger charge is -2.26. The Morgan fingerprint density at radius 1 is 1.06 bits per heavy atom. The van der Waals surface area contributed by atoms with E-state index in [9.17, 15) is 13.2 Å². The number of aromatic nitrogens is 2. The second-order valence-electron chi connectivity index (χ2n) is 8.10. The molecule has 0 saturated carbocycles. The van der Waals surface area contributed by atoms with Gasteiger partial charge in [-0.05, 0) is 49.5 Å². The molecule has 1 saturated heterocycles. The van der Waals surface area contributed by atoms with Crippen LogP contribution in [0.15, 0.2) is 53.4 Å². The van der Waals surface area contributed by atoms with E-state index in [0.29, 0.717) is 44.4 Å². The Hall–Kier alpha value is -2.79. The zero-order chi connectivity index (χ0) is 24.1. The summed E-state index contributed by atoms with van der Waals surface area (Å²) in [7, 11) is -3.61. The van der Waals surface area contributed by atoms with Crippen LogP contribution in [0.1, 0.15) is 24.2 Å². The van der Waals surface area contributed by atoms with Crippen LogP contribution in [0.4, 0.5) is 5.95 Å². The van der Waals surface area contributed by atoms with Gasteiger partial charge < -0.3 is 14.2 Å². The molecule has 0 spiro atoms. The number of fused-ring (bicyclic) bond motifs is 1. The molecule has 10 heteroatoms. The van der Waals surface area contributed by atoms with Crippen LogP contribution in [0, 0.1) is 0 Å². The van der Waals surface area contributed by atoms with E-state index in [-0.39, 0.29) is 10.8 Å². The van der Waals surface area contributed by atoms with E-state index in [1.807, 2.05) is 28.8 Å². The first kappa shape index (κ1) is 24.3. The third-order valence-corrected chi connectivity index (χ3v) is 8.05. The standard InChI is InChI=1S/C24H31N5O4S/c1-3-27(4-2)13-14-29-22-8-6-5-7-21(22)25-24(29)26-23(30)19-9-11-20(12-10-19)34(31,32)28-15-17-33-18-16-28/h5-12H,3-4,13-18H2,1-2H3,(H,25,26,30). The molecule has 1 aromatic heterocycles. The SMILES string of the molecule is CCN(CC)CCn1c(NC(=O)c2ccc(S(=O)(=O)N3CCOCC3)cc2)nc2ccccc21. The van der Waals surface area contributed by atoms with Crippen molar-refractivity contribution in [2.75, 3.05) is 51.3 Å². The van der Waals surface area contributed by atoms with Gasteiger partial charge in [-0.15, -0.1) is 0 Å². The maximum atomic E-state index is 13.0. The quantitative estimate of drug-likeness (QED) is 0.501. The molecule has 2 heterocycles. The van der Waals surface area contributed by atoms with Crippen molar-refractivity contribution < 1.29 is 17.9 Å². The topological polar surface area (TPSA) is 96.8 Å². The molecule has 1 fully saturated rings. The Balaban J connectivity index is 1.53. The molecule has 3 aromatic rings. The summed E-state index contributed by atoms with van der Waals surface area (Å²) in [4.78, 5) is 20.1. The first-order chi connectivity index (χ1) is 16.4. The van der Waals surface area contributed by atoms with Crippen molar-refractivity contribution >= 4 is 32.9 Å². The smallest absolute Gasteiger partial charge is 0.257 e. The van der Waals surface area contributed by atoms with Crippen LogP contribution >= 0.6 is 0 Å². The maximum Gasteiger partial charge on any atom is 0.257 e. The van der Waals surface area contributed by atoms with Gasteiger partial charge in [-0.3, -0.25) is 10.1 Å². The number of sulfonamides is 1. The van der Waals surface area contributed by atoms with Gasteiger partial charge in [0.05, 0.1) is 29.1 Å². The van der Waals surface area contributed by atoms with Gasteiger partial charge in [0.15, 0.2) is 0 Å². The number of imidazole rings is 1. The van der Waals surface area contributed by atoms with Crippen molar-refractivity contribution in [1.29, 1.82) is 0 Å². The molecule has 182 valence electrons. The second kappa shape index (κ2) is 10.6. The number of anilines is 1. The summed E-state index contributed by atoms with van der Waals surface area (Å²) < 4.78 is 34.3. The summed E-state index contributed by atoms with van der Waals surface area (Å²) in [5, 5.41) is 2.92. The van der Waals surface area contributed by atoms with Gasteiger partial charge in [-0.1, -0.05) is 26.0 Å². The zero-order valence-electron chi connectivity index (χ0n) is 19.6. The van der Waals surface area contributed by atoms with Crippen molar-refractivity contribution in [3.05, 3.63) is 54.1 Å². The number of benzene rings is 2. The number of amides is 1. The number of carbonyl (C=O) groups is 1. The molecule has 9 nitrogen and oxygen atoms in total. The Labute approximate surface area is 200 Å². The maximum absolute atomic E-state index is 13.0. The van der Waals surface area contributed by atoms with Crippen molar-refractivity contribution in [3.8, 4) is 0 Å². The number of rotatable bonds is 9. The first-order valence-corrected chi connectivity index (χ1v) is 13.0. The minimum Gasteiger partial charge on any atom is -0.379 e. The van der Waals surface area contributed by atoms with Crippen LogP contribution < -0.4 is 5.32 Å². The van der Waals surface area contributed by atoms with Gasteiger partial charge in [-0.25, -0.2) is 13.4 Å². The molecule has 1 aliphatic rings. The summed E-state index contributed by atoms with van der Waals surface area (Å²) in [6, 6.07) is 13.8. The number of para-hydroxylation sites is 2. The molecule has 4 rings (SSSR count). The van der Waals surface area contributed by atoms with E-state index in [1.54, 1.807) is 0 Å². The van der Waals surface area contributed by atoms with Crippen molar-refractivity contribution in [2.45, 2.75) is 25.3 Å². The Morgan fingerprint density at radius 3 is 2.41 bits per heavy atom. The Kier molecular flexibility index (Phi) is 7.62. The third-order valence-electron chi connectivity index (χ3n) is 6.14. The molecule has 0 unspecified atom stereocenters. The molecule has 34 heavy (non-hydrogen) atoms. The Morgan fingerprint density at radius 2 is 1.74 bits per heavy atom. The van der Waals surface area contributed by atoms with Crippen LogP contribution in [0.5, 0.6) is 0 Å². The van der Waals surface area contributed by atoms with Gasteiger partial charge in [0.1, 0.15) is 0 Å². The molecule has 0 radical (unpaired) electrons. The highest BCUT2D eigenvalue weighted by Gasteiger charge is 2.26. The molecular weight excluding hydrogens is 454 g/mol. The van der Waals surface area contributed by atoms with Crippen molar-refractivity contribution in [2.24, 2.45) is 0 Å². The number of nitrogens with zero attached hydrogens (tertiary/aromatic N) is 4. The molecule has 1 aliphatic heterocycles. The largest absolute Gasteiger partial charge is 0.379 e. The van der Waals surface area contributed by atoms with Gasteiger partial charge >= 0.3 is 0 Å². The van der Waals surface area contributed by atoms with E-state index in [2.05, 4.69) is 29.0 Å². The monoisotopic (exact) mass is 485 g/mol. The fourth-order valence-corrected chi connectivity index (χ4v) is 5.47. The first-order valence-electron chi connectivity index (χ1n) is 11.6. The lowest BCUT2D eigenvalue weighted by molar-refractivity contribution is 0.0730. The van der Waals surface area contributed by atoms with Crippen LogP contribution in [-0.4, -0.2) is 79.0 Å². The van der Waals surface area contributed by atoms with Gasteiger partial charge in [0.2, 0.25) is 16.0 Å². The number of nitrogens with one attached hydrogen (secondary N) is 1. The van der Waals surface area contributed by atoms with Crippen molar-refractivity contribution in [1.82, 2.24) is 18.8 Å². The average molecular weight is 486 g/mol. The average Bonchev–Trinajstić information content (AvgIpc) is 3.22. The van der Waals surface area contributed by atoms with Gasteiger partial charge in [-0.2, -0.15) is 4.31 Å². The van der Waals surface area contributed by atoms with E-state index in [0.717, 1.165) is 30.7 Å². The number of likely N-dealkylation sites (N-methyl/N-ethyl adjacent to an activating group) is 1. The van der Waals surface area contributed by atoms with Gasteiger partial charge in [0.25, 0.3) is 5.91 Å². The highest BCUT2D eigenvalue weighted by molar-refractivity contribution is 7.89. The highest BCUT2D eigenvalue weighted by Crippen LogP contribution is 2.21. The van der Waals surface area contributed by atoms with E-state index in [1.165, 1.54) is 28.6 Å². The Bertz CT molecular complexity index is 1230. The number of ether oxygens (including phenoxy) is 1. The number of hydrogen-bond donors (Lipinski definition) is 1. The lowest BCUT2D eigenvalue weighted by Crippen LogP contribution is -2.40. The lowest BCUT2D eigenvalue weighted by atomic mass is 10.2.